The topological polar surface area (TPSA) is 6.48 Å². The molecule has 0 saturated carbocycles. The first-order valence-corrected chi connectivity index (χ1v) is 33.2. The molecule has 2 nitrogen and oxygen atoms in total. The second-order valence-electron chi connectivity index (χ2n) is 25.6. The fraction of sp³-hybridized carbons (Fsp3) is 0.0217. The van der Waals surface area contributed by atoms with Gasteiger partial charge in [0.15, 0.2) is 0 Å². The van der Waals surface area contributed by atoms with Gasteiger partial charge in [-0.25, -0.2) is 0 Å². The van der Waals surface area contributed by atoms with Crippen LogP contribution in [-0.4, -0.2) is 0 Å². The van der Waals surface area contributed by atoms with Gasteiger partial charge in [-0.05, 0) is 212 Å². The molecule has 19 rings (SSSR count). The number of halogens is 1. The van der Waals surface area contributed by atoms with Crippen molar-refractivity contribution in [1.29, 1.82) is 0 Å². The number of hydrogen-bond donors (Lipinski definition) is 0. The Morgan fingerprint density at radius 2 is 0.400 bits per heavy atom. The third-order valence-electron chi connectivity index (χ3n) is 20.6. The molecule has 95 heavy (non-hydrogen) atoms. The molecule has 0 bridgehead atoms. The maximum absolute atomic E-state index is 7.92. The van der Waals surface area contributed by atoms with Gasteiger partial charge in [-0.3, -0.25) is 0 Å². The average molecular weight is 1230 g/mol. The van der Waals surface area contributed by atoms with E-state index >= 15 is 0 Å². The van der Waals surface area contributed by atoms with E-state index in [0.717, 1.165) is 78.6 Å². The summed E-state index contributed by atoms with van der Waals surface area (Å²) in [5.41, 5.74) is 34.2. The van der Waals surface area contributed by atoms with Crippen LogP contribution in [0, 0.1) is 0 Å². The molecular weight excluding hydrogens is 1170 g/mol. The Kier molecular flexibility index (Phi) is 12.5. The molecule has 3 heteroatoms. The second kappa shape index (κ2) is 21.7. The molecular formula is C92H59ClN2. The number of benzene rings is 15. The molecule has 444 valence electrons. The monoisotopic (exact) mass is 1230 g/mol. The zero-order valence-electron chi connectivity index (χ0n) is 51.8. The predicted octanol–water partition coefficient (Wildman–Crippen LogP) is 24.6. The van der Waals surface area contributed by atoms with Crippen molar-refractivity contribution in [2.24, 2.45) is 0 Å². The van der Waals surface area contributed by atoms with Gasteiger partial charge in [0.2, 0.25) is 0 Å². The van der Waals surface area contributed by atoms with Crippen LogP contribution in [-0.2, 0) is 10.8 Å². The van der Waals surface area contributed by atoms with E-state index in [1.54, 1.807) is 0 Å². The summed E-state index contributed by atoms with van der Waals surface area (Å²) in [7, 11) is 0. The van der Waals surface area contributed by atoms with Crippen molar-refractivity contribution < 1.29 is 0 Å². The van der Waals surface area contributed by atoms with Crippen LogP contribution in [0.4, 0.5) is 34.1 Å². The van der Waals surface area contributed by atoms with Gasteiger partial charge in [-0.2, -0.15) is 0 Å². The van der Waals surface area contributed by atoms with Crippen LogP contribution < -0.4 is 9.80 Å². The van der Waals surface area contributed by atoms with Crippen molar-refractivity contribution in [1.82, 2.24) is 0 Å². The Morgan fingerprint density at radius 3 is 0.684 bits per heavy atom. The van der Waals surface area contributed by atoms with Crippen LogP contribution in [0.3, 0.4) is 0 Å². The van der Waals surface area contributed by atoms with E-state index in [1.807, 2.05) is 0 Å². The highest BCUT2D eigenvalue weighted by atomic mass is 35.5. The summed E-state index contributed by atoms with van der Waals surface area (Å²) in [5.74, 6) is 0. The van der Waals surface area contributed by atoms with Gasteiger partial charge in [-0.1, -0.05) is 291 Å². The van der Waals surface area contributed by atoms with E-state index in [9.17, 15) is 0 Å². The Balaban J connectivity index is 0.873. The van der Waals surface area contributed by atoms with Crippen molar-refractivity contribution in [2.75, 3.05) is 9.80 Å². The highest BCUT2D eigenvalue weighted by molar-refractivity contribution is 6.31. The largest absolute Gasteiger partial charge is 0.310 e. The Labute approximate surface area is 559 Å². The van der Waals surface area contributed by atoms with Gasteiger partial charge in [0, 0.05) is 39.1 Å². The molecule has 0 radical (unpaired) electrons. The van der Waals surface area contributed by atoms with Gasteiger partial charge in [0.25, 0.3) is 0 Å². The summed E-state index contributed by atoms with van der Waals surface area (Å²) in [6.07, 6.45) is 0. The minimum Gasteiger partial charge on any atom is -0.310 e. The number of nitrogens with zero attached hydrogens (tertiary/aromatic N) is 2. The quantitative estimate of drug-likeness (QED) is 0.135. The van der Waals surface area contributed by atoms with Crippen molar-refractivity contribution in [2.45, 2.75) is 10.8 Å². The van der Waals surface area contributed by atoms with Gasteiger partial charge in [-0.15, -0.1) is 0 Å². The van der Waals surface area contributed by atoms with E-state index < -0.39 is 10.8 Å². The molecule has 0 N–H and O–H groups in total. The van der Waals surface area contributed by atoms with Crippen molar-refractivity contribution in [3.05, 3.63) is 407 Å². The first kappa shape index (κ1) is 54.9. The lowest BCUT2D eigenvalue weighted by molar-refractivity contribution is 0.794. The van der Waals surface area contributed by atoms with E-state index in [4.69, 9.17) is 11.6 Å². The predicted molar refractivity (Wildman–Crippen MR) is 395 cm³/mol. The molecule has 4 aliphatic rings. The van der Waals surface area contributed by atoms with Crippen molar-refractivity contribution in [3.63, 3.8) is 0 Å². The van der Waals surface area contributed by atoms with Crippen LogP contribution in [0.5, 0.6) is 0 Å². The third kappa shape index (κ3) is 8.31. The lowest BCUT2D eigenvalue weighted by atomic mass is 9.70. The molecule has 15 aromatic rings. The molecule has 2 spiro atoms. The smallest absolute Gasteiger partial charge is 0.0725 e. The molecule has 0 aliphatic heterocycles. The highest BCUT2D eigenvalue weighted by Crippen LogP contribution is 2.65. The fourth-order valence-corrected chi connectivity index (χ4v) is 17.1. The molecule has 15 aromatic carbocycles. The first-order valence-electron chi connectivity index (χ1n) is 32.8. The summed E-state index contributed by atoms with van der Waals surface area (Å²) in [4.78, 5) is 4.90. The number of fused-ring (bicyclic) bond motifs is 20. The number of anilines is 6. The van der Waals surface area contributed by atoms with Crippen molar-refractivity contribution >= 4 is 45.7 Å². The van der Waals surface area contributed by atoms with E-state index in [-0.39, 0.29) is 0 Å². The molecule has 0 fully saturated rings. The van der Waals surface area contributed by atoms with Crippen LogP contribution in [0.25, 0.3) is 89.0 Å². The summed E-state index contributed by atoms with van der Waals surface area (Å²) >= 11 is 7.92. The Bertz CT molecular complexity index is 5030. The molecule has 0 unspecified atom stereocenters. The van der Waals surface area contributed by atoms with Crippen LogP contribution in [0.1, 0.15) is 44.5 Å². The maximum Gasteiger partial charge on any atom is 0.0725 e. The minimum atomic E-state index is -0.507. The molecule has 0 aromatic heterocycles. The van der Waals surface area contributed by atoms with Gasteiger partial charge < -0.3 is 9.80 Å². The highest BCUT2D eigenvalue weighted by Gasteiger charge is 2.53. The summed E-state index contributed by atoms with van der Waals surface area (Å²) in [6.45, 7) is 0. The standard InChI is InChI=1S/C92H59ClN2/c93-68-55-73(94(71-51-64(60-25-5-1-6-26-60)49-65(52-71)61-27-7-2-8-28-61)69-45-47-89-81(58-69)79-37-17-23-43-87(79)91(89)83-39-19-13-33-75(83)76-34-14-20-40-84(76)91)57-74(56-68)95(72-53-66(62-29-9-3-10-30-62)50-67(54-72)63-31-11-4-12-32-63)70-46-48-90-82(59-70)80-38-18-24-44-88(80)92(90)85-41-21-15-35-77(85)78-36-16-22-42-86(78)92/h1-59H. The van der Waals surface area contributed by atoms with E-state index in [2.05, 4.69) is 368 Å². The van der Waals surface area contributed by atoms with Crippen LogP contribution in [0.2, 0.25) is 5.02 Å². The summed E-state index contributed by atoms with van der Waals surface area (Å²) < 4.78 is 0. The Morgan fingerprint density at radius 1 is 0.168 bits per heavy atom. The van der Waals surface area contributed by atoms with Crippen LogP contribution in [0.15, 0.2) is 358 Å². The maximum atomic E-state index is 7.92. The fourth-order valence-electron chi connectivity index (χ4n) is 16.8. The van der Waals surface area contributed by atoms with Gasteiger partial charge in [0.05, 0.1) is 10.8 Å². The number of hydrogen-bond acceptors (Lipinski definition) is 2. The third-order valence-corrected chi connectivity index (χ3v) is 20.9. The zero-order valence-corrected chi connectivity index (χ0v) is 52.6. The van der Waals surface area contributed by atoms with Gasteiger partial charge >= 0.3 is 0 Å². The zero-order chi connectivity index (χ0) is 62.8. The molecule has 0 saturated heterocycles. The Hall–Kier alpha value is -11.8. The molecule has 4 aliphatic carbocycles. The van der Waals surface area contributed by atoms with Crippen molar-refractivity contribution in [3.8, 4) is 89.0 Å². The lowest BCUT2D eigenvalue weighted by Gasteiger charge is -2.33. The SMILES string of the molecule is Clc1cc(N(c2cc(-c3ccccc3)cc(-c3ccccc3)c2)c2ccc3c(c2)-c2ccccc2C32c3ccccc3-c3ccccc32)cc(N(c2cc(-c3ccccc3)cc(-c3ccccc3)c2)c2ccc3c(c2)-c2ccccc2C32c3ccccc3-c3ccccc32)c1. The summed E-state index contributed by atoms with van der Waals surface area (Å²) in [5, 5.41) is 0.603. The lowest BCUT2D eigenvalue weighted by Crippen LogP contribution is -2.25. The second-order valence-corrected chi connectivity index (χ2v) is 26.0. The number of rotatable bonds is 10. The van der Waals surface area contributed by atoms with E-state index in [1.165, 1.54) is 89.0 Å². The molecule has 0 atom stereocenters. The van der Waals surface area contributed by atoms with Gasteiger partial charge in [0.1, 0.15) is 0 Å². The average Bonchev–Trinajstić information content (AvgIpc) is 1.52. The summed E-state index contributed by atoms with van der Waals surface area (Å²) in [6, 6.07) is 133. The molecule has 0 amide bonds. The van der Waals surface area contributed by atoms with E-state index in [0.29, 0.717) is 5.02 Å². The molecule has 0 heterocycles. The minimum absolute atomic E-state index is 0.507. The normalized spacial score (nSPS) is 13.3. The van der Waals surface area contributed by atoms with Crippen LogP contribution >= 0.6 is 11.6 Å². The first-order chi connectivity index (χ1) is 47.0.